The van der Waals surface area contributed by atoms with Gasteiger partial charge in [0.25, 0.3) is 0 Å². The number of aliphatic hydroxyl groups is 1. The fourth-order valence-corrected chi connectivity index (χ4v) is 5.82. The van der Waals surface area contributed by atoms with E-state index in [1.54, 1.807) is 17.5 Å². The van der Waals surface area contributed by atoms with Crippen molar-refractivity contribution in [1.82, 2.24) is 9.29 Å². The summed E-state index contributed by atoms with van der Waals surface area (Å²) in [6.45, 7) is 3.66. The molecule has 2 atom stereocenters. The van der Waals surface area contributed by atoms with Crippen LogP contribution in [-0.4, -0.2) is 54.2 Å². The molecule has 0 saturated heterocycles. The lowest BCUT2D eigenvalue weighted by Crippen LogP contribution is -2.46. The minimum atomic E-state index is -3.96. The molecule has 35 heavy (non-hydrogen) atoms. The first-order valence-electron chi connectivity index (χ1n) is 11.1. The van der Waals surface area contributed by atoms with E-state index in [0.29, 0.717) is 10.8 Å². The van der Waals surface area contributed by atoms with Crippen molar-refractivity contribution >= 4 is 32.6 Å². The lowest BCUT2D eigenvalue weighted by Gasteiger charge is -2.29. The number of amides is 1. The summed E-state index contributed by atoms with van der Waals surface area (Å²) < 4.78 is 33.4. The average molecular weight is 519 g/mol. The first kappa shape index (κ1) is 26.6. The maximum Gasteiger partial charge on any atom is 0.404 e. The number of aliphatic hydroxyl groups excluding tert-OH is 1. The molecule has 5 N–H and O–H groups in total. The van der Waals surface area contributed by atoms with Crippen LogP contribution in [0.2, 0.25) is 0 Å². The van der Waals surface area contributed by atoms with Crippen LogP contribution >= 0.6 is 11.3 Å². The van der Waals surface area contributed by atoms with Crippen LogP contribution in [0.4, 0.5) is 9.93 Å². The van der Waals surface area contributed by atoms with Crippen LogP contribution < -0.4 is 11.5 Å². The number of anilines is 1. The summed E-state index contributed by atoms with van der Waals surface area (Å²) in [5, 5.41) is 13.2. The van der Waals surface area contributed by atoms with Crippen molar-refractivity contribution in [3.8, 4) is 11.3 Å². The third-order valence-electron chi connectivity index (χ3n) is 5.25. The summed E-state index contributed by atoms with van der Waals surface area (Å²) >= 11 is 1.30. The molecule has 0 unspecified atom stereocenters. The normalized spacial score (nSPS) is 13.6. The number of hydrogen-bond acceptors (Lipinski definition) is 8. The number of rotatable bonds is 11. The highest BCUT2D eigenvalue weighted by atomic mass is 32.2. The topological polar surface area (TPSA) is 149 Å². The molecule has 3 aromatic rings. The van der Waals surface area contributed by atoms with Crippen molar-refractivity contribution in [3.05, 3.63) is 65.5 Å². The molecule has 2 aromatic carbocycles. The maximum absolute atomic E-state index is 13.5. The molecule has 0 bridgehead atoms. The SMILES string of the molecule is CC(C)CN(C[C@H](O)[C@H](Cc1ccccc1)OC(N)=O)S(=O)(=O)c1ccc(-c2csc(N)n2)cc1. The van der Waals surface area contributed by atoms with Crippen molar-refractivity contribution in [1.29, 1.82) is 0 Å². The van der Waals surface area contributed by atoms with Crippen molar-refractivity contribution < 1.29 is 23.1 Å². The first-order chi connectivity index (χ1) is 16.6. The molecule has 0 aliphatic carbocycles. The van der Waals surface area contributed by atoms with E-state index in [1.807, 2.05) is 44.2 Å². The number of aromatic nitrogens is 1. The fourth-order valence-electron chi connectivity index (χ4n) is 3.62. The van der Waals surface area contributed by atoms with Gasteiger partial charge in [0.15, 0.2) is 5.13 Å². The summed E-state index contributed by atoms with van der Waals surface area (Å²) in [6, 6.07) is 15.5. The molecular weight excluding hydrogens is 488 g/mol. The summed E-state index contributed by atoms with van der Waals surface area (Å²) in [6.07, 6.45) is -3.17. The number of ether oxygens (including phenoxy) is 1. The van der Waals surface area contributed by atoms with Crippen molar-refractivity contribution in [2.75, 3.05) is 18.8 Å². The smallest absolute Gasteiger partial charge is 0.404 e. The molecule has 1 aromatic heterocycles. The van der Waals surface area contributed by atoms with Crippen LogP contribution in [0.1, 0.15) is 19.4 Å². The third-order valence-corrected chi connectivity index (χ3v) is 7.77. The van der Waals surface area contributed by atoms with Gasteiger partial charge in [0.2, 0.25) is 10.0 Å². The molecule has 0 saturated carbocycles. The summed E-state index contributed by atoms with van der Waals surface area (Å²) in [7, 11) is -3.96. The predicted molar refractivity (Wildman–Crippen MR) is 136 cm³/mol. The van der Waals surface area contributed by atoms with Gasteiger partial charge in [-0.25, -0.2) is 18.2 Å². The van der Waals surface area contributed by atoms with E-state index < -0.39 is 28.3 Å². The minimum Gasteiger partial charge on any atom is -0.443 e. The number of hydrogen-bond donors (Lipinski definition) is 3. The van der Waals surface area contributed by atoms with E-state index in [1.165, 1.54) is 27.8 Å². The highest BCUT2D eigenvalue weighted by Gasteiger charge is 2.32. The van der Waals surface area contributed by atoms with Gasteiger partial charge >= 0.3 is 6.09 Å². The Bertz CT molecular complexity index is 1210. The van der Waals surface area contributed by atoms with Crippen LogP contribution in [0.25, 0.3) is 11.3 Å². The van der Waals surface area contributed by atoms with Crippen LogP contribution in [0, 0.1) is 5.92 Å². The monoisotopic (exact) mass is 518 g/mol. The number of sulfonamides is 1. The largest absolute Gasteiger partial charge is 0.443 e. The highest BCUT2D eigenvalue weighted by Crippen LogP contribution is 2.26. The standard InChI is InChI=1S/C24H30N4O5S2/c1-16(2)13-28(14-21(29)22(33-24(26)30)12-17-6-4-3-5-7-17)35(31,32)19-10-8-18(9-11-19)20-15-34-23(25)27-20/h3-11,15-16,21-22,29H,12-14H2,1-2H3,(H2,25,27)(H2,26,30)/t21-,22-/m0/s1. The molecule has 0 spiro atoms. The third kappa shape index (κ3) is 7.25. The molecule has 9 nitrogen and oxygen atoms in total. The Morgan fingerprint density at radius 3 is 2.31 bits per heavy atom. The molecule has 0 radical (unpaired) electrons. The Labute approximate surface area is 209 Å². The maximum atomic E-state index is 13.5. The van der Waals surface area contributed by atoms with Gasteiger partial charge in [-0.05, 0) is 23.6 Å². The lowest BCUT2D eigenvalue weighted by atomic mass is 10.0. The van der Waals surface area contributed by atoms with Gasteiger partial charge in [0.1, 0.15) is 12.2 Å². The van der Waals surface area contributed by atoms with E-state index in [-0.39, 0.29) is 30.3 Å². The van der Waals surface area contributed by atoms with Crippen LogP contribution in [0.3, 0.4) is 0 Å². The van der Waals surface area contributed by atoms with Crippen molar-refractivity contribution in [2.24, 2.45) is 11.7 Å². The second-order valence-electron chi connectivity index (χ2n) is 8.54. The van der Waals surface area contributed by atoms with Gasteiger partial charge < -0.3 is 21.3 Å². The van der Waals surface area contributed by atoms with Crippen LogP contribution in [0.5, 0.6) is 0 Å². The fraction of sp³-hybridized carbons (Fsp3) is 0.333. The zero-order chi connectivity index (χ0) is 25.6. The molecule has 11 heteroatoms. The van der Waals surface area contributed by atoms with Gasteiger partial charge in [-0.15, -0.1) is 11.3 Å². The van der Waals surface area contributed by atoms with Gasteiger partial charge in [-0.3, -0.25) is 0 Å². The Balaban J connectivity index is 1.83. The van der Waals surface area contributed by atoms with E-state index in [2.05, 4.69) is 4.98 Å². The van der Waals surface area contributed by atoms with Gasteiger partial charge in [-0.1, -0.05) is 56.3 Å². The van der Waals surface area contributed by atoms with E-state index in [9.17, 15) is 18.3 Å². The summed E-state index contributed by atoms with van der Waals surface area (Å²) in [5.74, 6) is -0.0149. The Morgan fingerprint density at radius 2 is 1.77 bits per heavy atom. The molecule has 188 valence electrons. The molecule has 0 aliphatic rings. The number of thiazole rings is 1. The number of nitrogens with two attached hydrogens (primary N) is 2. The number of carbonyl (C=O) groups is 1. The number of benzene rings is 2. The Kier molecular flexibility index (Phi) is 8.84. The number of nitrogens with zero attached hydrogens (tertiary/aromatic N) is 2. The highest BCUT2D eigenvalue weighted by molar-refractivity contribution is 7.89. The Hall–Kier alpha value is -2.99. The molecule has 0 aliphatic heterocycles. The molecule has 1 amide bonds. The number of primary amides is 1. The summed E-state index contributed by atoms with van der Waals surface area (Å²) in [5.41, 5.74) is 13.1. The summed E-state index contributed by atoms with van der Waals surface area (Å²) in [4.78, 5) is 15.8. The van der Waals surface area contributed by atoms with Crippen LogP contribution in [0.15, 0.2) is 64.9 Å². The molecule has 1 heterocycles. The zero-order valence-corrected chi connectivity index (χ0v) is 21.2. The second-order valence-corrected chi connectivity index (χ2v) is 11.4. The van der Waals surface area contributed by atoms with Crippen molar-refractivity contribution in [3.63, 3.8) is 0 Å². The zero-order valence-electron chi connectivity index (χ0n) is 19.6. The first-order valence-corrected chi connectivity index (χ1v) is 13.4. The van der Waals surface area contributed by atoms with Crippen LogP contribution in [-0.2, 0) is 21.2 Å². The Morgan fingerprint density at radius 1 is 1.11 bits per heavy atom. The van der Waals surface area contributed by atoms with E-state index >= 15 is 0 Å². The average Bonchev–Trinajstić information content (AvgIpc) is 3.24. The lowest BCUT2D eigenvalue weighted by molar-refractivity contribution is -0.00189. The van der Waals surface area contributed by atoms with Gasteiger partial charge in [0, 0.05) is 30.5 Å². The van der Waals surface area contributed by atoms with E-state index in [4.69, 9.17) is 16.2 Å². The number of nitrogen functional groups attached to an aromatic ring is 1. The molecular formula is C24H30N4O5S2. The predicted octanol–water partition coefficient (Wildman–Crippen LogP) is 3.11. The van der Waals surface area contributed by atoms with E-state index in [0.717, 1.165) is 11.1 Å². The number of carbonyl (C=O) groups excluding carboxylic acids is 1. The van der Waals surface area contributed by atoms with Gasteiger partial charge in [-0.2, -0.15) is 4.31 Å². The van der Waals surface area contributed by atoms with Crippen molar-refractivity contribution in [2.45, 2.75) is 37.4 Å². The molecule has 0 fully saturated rings. The quantitative estimate of drug-likeness (QED) is 0.353. The van der Waals surface area contributed by atoms with Gasteiger partial charge in [0.05, 0.1) is 10.6 Å². The second kappa shape index (κ2) is 11.6. The minimum absolute atomic E-state index is 0.0149. The molecule has 3 rings (SSSR count).